The molecule has 19 heavy (non-hydrogen) atoms. The van der Waals surface area contributed by atoms with Gasteiger partial charge in [-0.3, -0.25) is 0 Å². The van der Waals surface area contributed by atoms with Crippen molar-refractivity contribution in [3.63, 3.8) is 0 Å². The van der Waals surface area contributed by atoms with Crippen LogP contribution in [-0.4, -0.2) is 13.6 Å². The highest BCUT2D eigenvalue weighted by Gasteiger charge is 2.37. The molecule has 2 unspecified atom stereocenters. The van der Waals surface area contributed by atoms with E-state index in [-0.39, 0.29) is 0 Å². The van der Waals surface area contributed by atoms with E-state index >= 15 is 0 Å². The standard InChI is InChI=1S/C17H18ClN/c1-19-11-15-10-17(15)14-4-2-12(3-5-14)13-6-8-16(18)9-7-13/h2-9,15,17,19H,10-11H2,1H3. The second-order valence-corrected chi connectivity index (χ2v) is 5.73. The molecule has 2 heteroatoms. The molecule has 3 rings (SSSR count). The van der Waals surface area contributed by atoms with Crippen LogP contribution in [0.5, 0.6) is 0 Å². The van der Waals surface area contributed by atoms with Crippen molar-refractivity contribution in [2.24, 2.45) is 5.92 Å². The van der Waals surface area contributed by atoms with Crippen LogP contribution >= 0.6 is 11.6 Å². The third kappa shape index (κ3) is 2.83. The monoisotopic (exact) mass is 271 g/mol. The van der Waals surface area contributed by atoms with E-state index in [0.717, 1.165) is 23.4 Å². The normalized spacial score (nSPS) is 21.4. The van der Waals surface area contributed by atoms with Crippen LogP contribution in [0.2, 0.25) is 5.02 Å². The molecular formula is C17H18ClN. The molecule has 0 bridgehead atoms. The Hall–Kier alpha value is -1.31. The maximum Gasteiger partial charge on any atom is 0.0406 e. The number of benzene rings is 2. The zero-order valence-corrected chi connectivity index (χ0v) is 11.8. The summed E-state index contributed by atoms with van der Waals surface area (Å²) in [6, 6.07) is 17.0. The van der Waals surface area contributed by atoms with Crippen LogP contribution in [0.25, 0.3) is 11.1 Å². The van der Waals surface area contributed by atoms with Crippen molar-refractivity contribution in [2.75, 3.05) is 13.6 Å². The number of hydrogen-bond donors (Lipinski definition) is 1. The molecule has 2 aromatic carbocycles. The third-order valence-corrected chi connectivity index (χ3v) is 4.16. The summed E-state index contributed by atoms with van der Waals surface area (Å²) in [5.41, 5.74) is 3.95. The van der Waals surface area contributed by atoms with Gasteiger partial charge in [-0.15, -0.1) is 0 Å². The Kier molecular flexibility index (Phi) is 3.58. The Morgan fingerprint density at radius 1 is 1.00 bits per heavy atom. The SMILES string of the molecule is CNCC1CC1c1ccc(-c2ccc(Cl)cc2)cc1. The summed E-state index contributed by atoms with van der Waals surface area (Å²) in [6.45, 7) is 1.13. The van der Waals surface area contributed by atoms with E-state index in [4.69, 9.17) is 11.6 Å². The molecule has 1 saturated carbocycles. The molecule has 0 heterocycles. The van der Waals surface area contributed by atoms with Crippen molar-refractivity contribution in [1.82, 2.24) is 5.32 Å². The van der Waals surface area contributed by atoms with Crippen molar-refractivity contribution in [3.8, 4) is 11.1 Å². The molecule has 1 fully saturated rings. The first-order valence-corrected chi connectivity index (χ1v) is 7.16. The van der Waals surface area contributed by atoms with Gasteiger partial charge < -0.3 is 5.32 Å². The van der Waals surface area contributed by atoms with Gasteiger partial charge in [0.1, 0.15) is 0 Å². The smallest absolute Gasteiger partial charge is 0.0406 e. The van der Waals surface area contributed by atoms with E-state index in [1.54, 1.807) is 0 Å². The van der Waals surface area contributed by atoms with Gasteiger partial charge in [0, 0.05) is 5.02 Å². The maximum atomic E-state index is 5.91. The van der Waals surface area contributed by atoms with Crippen LogP contribution in [-0.2, 0) is 0 Å². The molecule has 0 aliphatic heterocycles. The van der Waals surface area contributed by atoms with E-state index in [0.29, 0.717) is 0 Å². The lowest BCUT2D eigenvalue weighted by Gasteiger charge is -2.05. The summed E-state index contributed by atoms with van der Waals surface area (Å²) >= 11 is 5.91. The van der Waals surface area contributed by atoms with Crippen molar-refractivity contribution >= 4 is 11.6 Å². The molecule has 0 spiro atoms. The van der Waals surface area contributed by atoms with E-state index in [2.05, 4.69) is 41.7 Å². The first-order chi connectivity index (χ1) is 9.28. The number of halogens is 1. The van der Waals surface area contributed by atoms with Gasteiger partial charge >= 0.3 is 0 Å². The molecule has 0 radical (unpaired) electrons. The van der Waals surface area contributed by atoms with Gasteiger partial charge in [-0.25, -0.2) is 0 Å². The molecule has 0 amide bonds. The summed E-state index contributed by atoms with van der Waals surface area (Å²) in [4.78, 5) is 0. The minimum atomic E-state index is 0.756. The molecule has 1 nitrogen and oxygen atoms in total. The van der Waals surface area contributed by atoms with Crippen LogP contribution in [0, 0.1) is 5.92 Å². The van der Waals surface area contributed by atoms with Gasteiger partial charge in [0.2, 0.25) is 0 Å². The minimum Gasteiger partial charge on any atom is -0.319 e. The molecule has 0 saturated heterocycles. The van der Waals surface area contributed by atoms with Crippen LogP contribution in [0.4, 0.5) is 0 Å². The summed E-state index contributed by atoms with van der Waals surface area (Å²) < 4.78 is 0. The van der Waals surface area contributed by atoms with Crippen LogP contribution in [0.15, 0.2) is 48.5 Å². The van der Waals surface area contributed by atoms with E-state index in [9.17, 15) is 0 Å². The molecule has 1 aliphatic carbocycles. The lowest BCUT2D eigenvalue weighted by molar-refractivity contribution is 0.698. The van der Waals surface area contributed by atoms with Gasteiger partial charge in [-0.1, -0.05) is 48.0 Å². The van der Waals surface area contributed by atoms with E-state index < -0.39 is 0 Å². The average Bonchev–Trinajstić information content (AvgIpc) is 3.20. The lowest BCUT2D eigenvalue weighted by Crippen LogP contribution is -2.10. The predicted octanol–water partition coefficient (Wildman–Crippen LogP) is 4.33. The van der Waals surface area contributed by atoms with Crippen LogP contribution in [0.3, 0.4) is 0 Å². The number of hydrogen-bond acceptors (Lipinski definition) is 1. The highest BCUT2D eigenvalue weighted by atomic mass is 35.5. The topological polar surface area (TPSA) is 12.0 Å². The zero-order chi connectivity index (χ0) is 13.2. The maximum absolute atomic E-state index is 5.91. The van der Waals surface area contributed by atoms with E-state index in [1.807, 2.05) is 19.2 Å². The Morgan fingerprint density at radius 3 is 2.16 bits per heavy atom. The zero-order valence-electron chi connectivity index (χ0n) is 11.1. The fraction of sp³-hybridized carbons (Fsp3) is 0.294. The van der Waals surface area contributed by atoms with Gasteiger partial charge in [0.05, 0.1) is 0 Å². The fourth-order valence-electron chi connectivity index (χ4n) is 2.71. The fourth-order valence-corrected chi connectivity index (χ4v) is 2.83. The Bertz CT molecular complexity index is 544. The Labute approximate surface area is 119 Å². The van der Waals surface area contributed by atoms with Gasteiger partial charge in [-0.2, -0.15) is 0 Å². The van der Waals surface area contributed by atoms with Crippen molar-refractivity contribution < 1.29 is 0 Å². The van der Waals surface area contributed by atoms with Crippen LogP contribution < -0.4 is 5.32 Å². The summed E-state index contributed by atoms with van der Waals surface area (Å²) in [5, 5.41) is 4.04. The largest absolute Gasteiger partial charge is 0.319 e. The minimum absolute atomic E-state index is 0.756. The van der Waals surface area contributed by atoms with Crippen molar-refractivity contribution in [2.45, 2.75) is 12.3 Å². The second kappa shape index (κ2) is 5.36. The second-order valence-electron chi connectivity index (χ2n) is 5.29. The third-order valence-electron chi connectivity index (χ3n) is 3.91. The van der Waals surface area contributed by atoms with Crippen molar-refractivity contribution in [1.29, 1.82) is 0 Å². The van der Waals surface area contributed by atoms with E-state index in [1.165, 1.54) is 23.1 Å². The Balaban J connectivity index is 1.74. The van der Waals surface area contributed by atoms with Crippen molar-refractivity contribution in [3.05, 3.63) is 59.1 Å². The highest BCUT2D eigenvalue weighted by Crippen LogP contribution is 2.47. The molecule has 98 valence electrons. The highest BCUT2D eigenvalue weighted by molar-refractivity contribution is 6.30. The number of nitrogens with one attached hydrogen (secondary N) is 1. The first kappa shape index (κ1) is 12.7. The molecule has 1 N–H and O–H groups in total. The first-order valence-electron chi connectivity index (χ1n) is 6.78. The molecular weight excluding hydrogens is 254 g/mol. The lowest BCUT2D eigenvalue weighted by atomic mass is 10.0. The molecule has 2 aromatic rings. The average molecular weight is 272 g/mol. The molecule has 1 aliphatic rings. The quantitative estimate of drug-likeness (QED) is 0.873. The predicted molar refractivity (Wildman–Crippen MR) is 81.7 cm³/mol. The van der Waals surface area contributed by atoms with Gasteiger partial charge in [-0.05, 0) is 60.7 Å². The Morgan fingerprint density at radius 2 is 1.58 bits per heavy atom. The molecule has 0 aromatic heterocycles. The summed E-state index contributed by atoms with van der Waals surface area (Å²) in [7, 11) is 2.03. The molecule has 2 atom stereocenters. The number of rotatable bonds is 4. The summed E-state index contributed by atoms with van der Waals surface area (Å²) in [5.74, 6) is 1.58. The van der Waals surface area contributed by atoms with Gasteiger partial charge in [0.15, 0.2) is 0 Å². The van der Waals surface area contributed by atoms with Gasteiger partial charge in [0.25, 0.3) is 0 Å². The summed E-state index contributed by atoms with van der Waals surface area (Å²) in [6.07, 6.45) is 1.32. The van der Waals surface area contributed by atoms with Crippen LogP contribution in [0.1, 0.15) is 17.9 Å².